The largest absolute Gasteiger partial charge is 0.309 e. The van der Waals surface area contributed by atoms with Gasteiger partial charge in [-0.1, -0.05) is 164 Å². The number of nitrogens with zero attached hydrogens (tertiary/aromatic N) is 4. The number of benzene rings is 8. The van der Waals surface area contributed by atoms with Crippen LogP contribution in [0.25, 0.3) is 104 Å². The second-order valence-corrected chi connectivity index (χ2v) is 15.1. The quantitative estimate of drug-likeness (QED) is 0.171. The molecule has 0 atom stereocenters. The Morgan fingerprint density at radius 3 is 1.50 bits per heavy atom. The summed E-state index contributed by atoms with van der Waals surface area (Å²) >= 11 is 1.84. The Labute approximate surface area is 327 Å². The summed E-state index contributed by atoms with van der Waals surface area (Å²) < 4.78 is 4.90. The average molecular weight is 733 g/mol. The fourth-order valence-corrected chi connectivity index (χ4v) is 9.25. The first-order valence-electron chi connectivity index (χ1n) is 18.8. The van der Waals surface area contributed by atoms with Crippen LogP contribution in [-0.2, 0) is 0 Å². The zero-order valence-electron chi connectivity index (χ0n) is 30.2. The average Bonchev–Trinajstić information content (AvgIpc) is 3.82. The van der Waals surface area contributed by atoms with Crippen molar-refractivity contribution in [2.75, 3.05) is 0 Å². The Balaban J connectivity index is 1.15. The number of fused-ring (bicyclic) bond motifs is 6. The molecule has 3 heterocycles. The van der Waals surface area contributed by atoms with E-state index >= 15 is 0 Å². The minimum Gasteiger partial charge on any atom is -0.309 e. The maximum atomic E-state index is 5.24. The smallest absolute Gasteiger partial charge is 0.164 e. The van der Waals surface area contributed by atoms with Crippen molar-refractivity contribution in [3.8, 4) is 62.1 Å². The van der Waals surface area contributed by atoms with E-state index in [1.165, 1.54) is 47.5 Å². The SMILES string of the molecule is c1ccc(-c2ccc(-c3nc(-c4ccccc4)nc(-c4ccccc4-c4cc(-n5c6ccccc6c6ccccc65)cc5c4sc4ccccc45)n3)cc2)cc1. The highest BCUT2D eigenvalue weighted by Crippen LogP contribution is 2.45. The molecule has 0 saturated carbocycles. The minimum atomic E-state index is 0.633. The minimum absolute atomic E-state index is 0.633. The normalized spacial score (nSPS) is 11.6. The highest BCUT2D eigenvalue weighted by atomic mass is 32.1. The number of aromatic nitrogens is 4. The molecule has 4 nitrogen and oxygen atoms in total. The van der Waals surface area contributed by atoms with Gasteiger partial charge in [0.2, 0.25) is 0 Å². The Hall–Kier alpha value is -7.21. The highest BCUT2D eigenvalue weighted by molar-refractivity contribution is 7.26. The van der Waals surface area contributed by atoms with Gasteiger partial charge in [-0.2, -0.15) is 0 Å². The van der Waals surface area contributed by atoms with E-state index in [1.807, 2.05) is 35.6 Å². The molecule has 0 amide bonds. The van der Waals surface area contributed by atoms with Gasteiger partial charge in [0.1, 0.15) is 0 Å². The number of rotatable bonds is 6. The van der Waals surface area contributed by atoms with Crippen LogP contribution in [0.3, 0.4) is 0 Å². The third-order valence-electron chi connectivity index (χ3n) is 10.7. The lowest BCUT2D eigenvalue weighted by atomic mass is 9.96. The molecule has 0 aliphatic heterocycles. The van der Waals surface area contributed by atoms with Crippen molar-refractivity contribution in [1.82, 2.24) is 19.5 Å². The molecule has 0 bridgehead atoms. The number of hydrogen-bond donors (Lipinski definition) is 0. The molecule has 0 fully saturated rings. The van der Waals surface area contributed by atoms with Gasteiger partial charge in [-0.15, -0.1) is 11.3 Å². The molecule has 5 heteroatoms. The van der Waals surface area contributed by atoms with E-state index in [0.29, 0.717) is 17.5 Å². The summed E-state index contributed by atoms with van der Waals surface area (Å²) in [5.74, 6) is 1.90. The van der Waals surface area contributed by atoms with Gasteiger partial charge in [0, 0.05) is 58.9 Å². The van der Waals surface area contributed by atoms with Gasteiger partial charge >= 0.3 is 0 Å². The fraction of sp³-hybridized carbons (Fsp3) is 0. The third-order valence-corrected chi connectivity index (χ3v) is 11.9. The summed E-state index contributed by atoms with van der Waals surface area (Å²) in [5, 5.41) is 4.96. The summed E-state index contributed by atoms with van der Waals surface area (Å²) in [6.45, 7) is 0. The van der Waals surface area contributed by atoms with Crippen LogP contribution in [0.4, 0.5) is 0 Å². The topological polar surface area (TPSA) is 43.6 Å². The van der Waals surface area contributed by atoms with Crippen LogP contribution >= 0.6 is 11.3 Å². The molecule has 0 aliphatic carbocycles. The zero-order chi connectivity index (χ0) is 37.0. The van der Waals surface area contributed by atoms with Crippen molar-refractivity contribution in [2.45, 2.75) is 0 Å². The molecule has 0 saturated heterocycles. The predicted molar refractivity (Wildman–Crippen MR) is 234 cm³/mol. The summed E-state index contributed by atoms with van der Waals surface area (Å²) in [5.41, 5.74) is 10.8. The van der Waals surface area contributed by atoms with Gasteiger partial charge in [0.05, 0.1) is 11.0 Å². The van der Waals surface area contributed by atoms with Gasteiger partial charge in [0.25, 0.3) is 0 Å². The van der Waals surface area contributed by atoms with Crippen LogP contribution in [0.2, 0.25) is 0 Å². The van der Waals surface area contributed by atoms with Gasteiger partial charge in [-0.3, -0.25) is 0 Å². The van der Waals surface area contributed by atoms with Crippen LogP contribution in [0, 0.1) is 0 Å². The van der Waals surface area contributed by atoms with E-state index in [1.54, 1.807) is 0 Å². The monoisotopic (exact) mass is 732 g/mol. The molecular weight excluding hydrogens is 701 g/mol. The Bertz CT molecular complexity index is 3180. The second kappa shape index (κ2) is 13.3. The summed E-state index contributed by atoms with van der Waals surface area (Å²) in [6, 6.07) is 68.5. The molecule has 8 aromatic carbocycles. The molecule has 56 heavy (non-hydrogen) atoms. The van der Waals surface area contributed by atoms with Gasteiger partial charge < -0.3 is 4.57 Å². The van der Waals surface area contributed by atoms with E-state index in [-0.39, 0.29) is 0 Å². The van der Waals surface area contributed by atoms with E-state index in [4.69, 9.17) is 15.0 Å². The molecule has 0 spiro atoms. The van der Waals surface area contributed by atoms with Crippen LogP contribution in [0.5, 0.6) is 0 Å². The maximum absolute atomic E-state index is 5.24. The van der Waals surface area contributed by atoms with Crippen LogP contribution in [0.15, 0.2) is 194 Å². The molecule has 3 aromatic heterocycles. The first-order chi connectivity index (χ1) is 27.8. The second-order valence-electron chi connectivity index (χ2n) is 14.0. The van der Waals surface area contributed by atoms with Gasteiger partial charge in [-0.25, -0.2) is 15.0 Å². The lowest BCUT2D eigenvalue weighted by Crippen LogP contribution is -2.01. The molecule has 0 radical (unpaired) electrons. The zero-order valence-corrected chi connectivity index (χ0v) is 31.0. The van der Waals surface area contributed by atoms with Crippen molar-refractivity contribution in [3.05, 3.63) is 194 Å². The fourth-order valence-electron chi connectivity index (χ4n) is 8.04. The molecular formula is C51H32N4S. The van der Waals surface area contributed by atoms with E-state index in [2.05, 4.69) is 174 Å². The molecule has 0 aliphatic rings. The Morgan fingerprint density at radius 2 is 0.821 bits per heavy atom. The molecule has 0 unspecified atom stereocenters. The standard InChI is InChI=1S/C51H32N4S/c1-3-15-33(16-4-1)34-27-29-36(30-28-34)50-52-49(35-17-5-2-6-18-35)53-51(54-50)42-23-8-7-19-38(42)43-31-37(32-44-41-22-11-14-26-47(41)56-48(43)44)55-45-24-12-9-20-39(45)40-21-10-13-25-46(40)55/h1-32H. The lowest BCUT2D eigenvalue weighted by Gasteiger charge is -2.15. The molecule has 262 valence electrons. The van der Waals surface area contributed by atoms with Gasteiger partial charge in [0.15, 0.2) is 17.5 Å². The van der Waals surface area contributed by atoms with Crippen molar-refractivity contribution in [2.24, 2.45) is 0 Å². The highest BCUT2D eigenvalue weighted by Gasteiger charge is 2.21. The van der Waals surface area contributed by atoms with Crippen LogP contribution in [0.1, 0.15) is 0 Å². The van der Waals surface area contributed by atoms with Crippen molar-refractivity contribution >= 4 is 53.3 Å². The van der Waals surface area contributed by atoms with Gasteiger partial charge in [-0.05, 0) is 47.0 Å². The summed E-state index contributed by atoms with van der Waals surface area (Å²) in [4.78, 5) is 15.5. The summed E-state index contributed by atoms with van der Waals surface area (Å²) in [6.07, 6.45) is 0. The van der Waals surface area contributed by atoms with E-state index < -0.39 is 0 Å². The molecule has 11 rings (SSSR count). The first-order valence-corrected chi connectivity index (χ1v) is 19.6. The number of hydrogen-bond acceptors (Lipinski definition) is 4. The van der Waals surface area contributed by atoms with Crippen molar-refractivity contribution < 1.29 is 0 Å². The van der Waals surface area contributed by atoms with E-state index in [0.717, 1.165) is 39.1 Å². The molecule has 0 N–H and O–H groups in total. The number of thiophene rings is 1. The maximum Gasteiger partial charge on any atom is 0.164 e. The Kier molecular flexibility index (Phi) is 7.64. The third kappa shape index (κ3) is 5.40. The van der Waals surface area contributed by atoms with E-state index in [9.17, 15) is 0 Å². The number of para-hydroxylation sites is 2. The van der Waals surface area contributed by atoms with Crippen molar-refractivity contribution in [1.29, 1.82) is 0 Å². The van der Waals surface area contributed by atoms with Crippen LogP contribution < -0.4 is 0 Å². The lowest BCUT2D eigenvalue weighted by molar-refractivity contribution is 1.07. The predicted octanol–water partition coefficient (Wildman–Crippen LogP) is 13.7. The molecule has 11 aromatic rings. The Morgan fingerprint density at radius 1 is 0.339 bits per heavy atom. The van der Waals surface area contributed by atoms with Crippen LogP contribution in [-0.4, -0.2) is 19.5 Å². The first kappa shape index (κ1) is 32.2. The van der Waals surface area contributed by atoms with Crippen molar-refractivity contribution in [3.63, 3.8) is 0 Å². The summed E-state index contributed by atoms with van der Waals surface area (Å²) in [7, 11) is 0.